The maximum atomic E-state index is 12.3. The summed E-state index contributed by atoms with van der Waals surface area (Å²) < 4.78 is 0. The van der Waals surface area contributed by atoms with Crippen molar-refractivity contribution in [1.82, 2.24) is 4.98 Å². The molecule has 3 rings (SSSR count). The van der Waals surface area contributed by atoms with Gasteiger partial charge in [0.2, 0.25) is 0 Å². The molecular formula is C19H25N5O. The van der Waals surface area contributed by atoms with Crippen molar-refractivity contribution >= 4 is 17.2 Å². The van der Waals surface area contributed by atoms with Gasteiger partial charge < -0.3 is 21.4 Å². The molecule has 1 aromatic heterocycles. The second-order valence-electron chi connectivity index (χ2n) is 6.48. The van der Waals surface area contributed by atoms with Gasteiger partial charge in [0.15, 0.2) is 0 Å². The molecule has 0 radical (unpaired) electrons. The molecule has 6 N–H and O–H groups in total. The number of nitrogens with one attached hydrogen (secondary N) is 4. The average Bonchev–Trinajstić information content (AvgIpc) is 2.63. The normalized spacial score (nSPS) is 14.9. The van der Waals surface area contributed by atoms with Crippen LogP contribution in [0, 0.1) is 5.41 Å². The van der Waals surface area contributed by atoms with Crippen molar-refractivity contribution < 1.29 is 0 Å². The Morgan fingerprint density at radius 3 is 2.56 bits per heavy atom. The number of nitrogens with two attached hydrogens (primary N) is 1. The summed E-state index contributed by atoms with van der Waals surface area (Å²) in [4.78, 5) is 15.0. The largest absolute Gasteiger partial charge is 0.382 e. The number of hydrogen-bond donors (Lipinski definition) is 5. The highest BCUT2D eigenvalue weighted by atomic mass is 16.1. The van der Waals surface area contributed by atoms with Crippen molar-refractivity contribution in [2.45, 2.75) is 44.7 Å². The molecule has 1 aromatic carbocycles. The fourth-order valence-electron chi connectivity index (χ4n) is 3.24. The summed E-state index contributed by atoms with van der Waals surface area (Å²) in [7, 11) is 0. The van der Waals surface area contributed by atoms with Crippen molar-refractivity contribution in [1.29, 1.82) is 5.41 Å². The molecule has 2 aromatic rings. The fraction of sp³-hybridized carbons (Fsp3) is 0.368. The zero-order valence-corrected chi connectivity index (χ0v) is 14.3. The van der Waals surface area contributed by atoms with E-state index in [0.717, 1.165) is 24.1 Å². The van der Waals surface area contributed by atoms with Crippen LogP contribution in [0.25, 0.3) is 0 Å². The van der Waals surface area contributed by atoms with Gasteiger partial charge in [0.05, 0.1) is 5.69 Å². The van der Waals surface area contributed by atoms with Crippen molar-refractivity contribution in [3.63, 3.8) is 0 Å². The monoisotopic (exact) mass is 339 g/mol. The van der Waals surface area contributed by atoms with Crippen LogP contribution in [0.3, 0.4) is 0 Å². The minimum absolute atomic E-state index is 0.0839. The van der Waals surface area contributed by atoms with Crippen LogP contribution in [0.4, 0.5) is 11.4 Å². The molecule has 6 nitrogen and oxygen atoms in total. The van der Waals surface area contributed by atoms with E-state index in [4.69, 9.17) is 11.1 Å². The van der Waals surface area contributed by atoms with E-state index in [9.17, 15) is 4.79 Å². The summed E-state index contributed by atoms with van der Waals surface area (Å²) >= 11 is 0. The smallest absolute Gasteiger partial charge is 0.261 e. The second-order valence-corrected chi connectivity index (χ2v) is 6.48. The molecule has 25 heavy (non-hydrogen) atoms. The van der Waals surface area contributed by atoms with Crippen LogP contribution >= 0.6 is 0 Å². The van der Waals surface area contributed by atoms with Crippen molar-refractivity contribution in [3.8, 4) is 0 Å². The number of aromatic nitrogens is 1. The van der Waals surface area contributed by atoms with Gasteiger partial charge in [0, 0.05) is 24.5 Å². The highest BCUT2D eigenvalue weighted by molar-refractivity contribution is 6.09. The van der Waals surface area contributed by atoms with Gasteiger partial charge in [-0.3, -0.25) is 10.2 Å². The molecule has 0 bridgehead atoms. The van der Waals surface area contributed by atoms with Gasteiger partial charge in [0.1, 0.15) is 11.4 Å². The zero-order chi connectivity index (χ0) is 17.6. The van der Waals surface area contributed by atoms with E-state index in [1.807, 2.05) is 30.3 Å². The van der Waals surface area contributed by atoms with E-state index in [-0.39, 0.29) is 11.4 Å². The third-order valence-corrected chi connectivity index (χ3v) is 4.63. The molecule has 6 heteroatoms. The summed E-state index contributed by atoms with van der Waals surface area (Å²) in [5, 5.41) is 14.8. The first kappa shape index (κ1) is 17.2. The van der Waals surface area contributed by atoms with Gasteiger partial charge >= 0.3 is 0 Å². The number of benzene rings is 1. The SMILES string of the molecule is N=C(Nc1ccc(CN)cc1)c1c(NC2CCCCC2)cc[nH]c1=O. The Hall–Kier alpha value is -2.60. The van der Waals surface area contributed by atoms with Crippen LogP contribution in [-0.2, 0) is 6.54 Å². The minimum atomic E-state index is -0.267. The molecule has 1 saturated carbocycles. The number of H-pyrrole nitrogens is 1. The highest BCUT2D eigenvalue weighted by Gasteiger charge is 2.18. The first-order valence-corrected chi connectivity index (χ1v) is 8.80. The van der Waals surface area contributed by atoms with Gasteiger partial charge in [-0.1, -0.05) is 31.4 Å². The summed E-state index contributed by atoms with van der Waals surface area (Å²) in [6, 6.07) is 9.74. The molecule has 1 aliphatic rings. The first-order valence-electron chi connectivity index (χ1n) is 8.80. The van der Waals surface area contributed by atoms with E-state index in [0.29, 0.717) is 23.8 Å². The Bertz CT molecular complexity index is 775. The lowest BCUT2D eigenvalue weighted by Crippen LogP contribution is -2.29. The zero-order valence-electron chi connectivity index (χ0n) is 14.3. The maximum Gasteiger partial charge on any atom is 0.261 e. The molecule has 0 saturated heterocycles. The Morgan fingerprint density at radius 1 is 1.16 bits per heavy atom. The van der Waals surface area contributed by atoms with E-state index in [2.05, 4.69) is 15.6 Å². The lowest BCUT2D eigenvalue weighted by molar-refractivity contribution is 0.462. The molecule has 0 amide bonds. The van der Waals surface area contributed by atoms with Crippen LogP contribution in [0.2, 0.25) is 0 Å². The lowest BCUT2D eigenvalue weighted by atomic mass is 9.95. The van der Waals surface area contributed by atoms with E-state index in [1.165, 1.54) is 19.3 Å². The van der Waals surface area contributed by atoms with Crippen LogP contribution < -0.4 is 21.9 Å². The minimum Gasteiger partial charge on any atom is -0.382 e. The predicted molar refractivity (Wildman–Crippen MR) is 102 cm³/mol. The first-order chi connectivity index (χ1) is 12.2. The highest BCUT2D eigenvalue weighted by Crippen LogP contribution is 2.23. The van der Waals surface area contributed by atoms with Crippen molar-refractivity contribution in [3.05, 3.63) is 58.0 Å². The molecule has 1 aliphatic carbocycles. The second kappa shape index (κ2) is 7.98. The van der Waals surface area contributed by atoms with Crippen LogP contribution in [-0.4, -0.2) is 16.9 Å². The Labute approximate surface area is 147 Å². The quantitative estimate of drug-likeness (QED) is 0.426. The summed E-state index contributed by atoms with van der Waals surface area (Å²) in [5.41, 5.74) is 8.18. The number of anilines is 2. The Morgan fingerprint density at radius 2 is 1.88 bits per heavy atom. The van der Waals surface area contributed by atoms with Gasteiger partial charge in [-0.05, 0) is 36.6 Å². The van der Waals surface area contributed by atoms with Crippen molar-refractivity contribution in [2.75, 3.05) is 10.6 Å². The fourth-order valence-corrected chi connectivity index (χ4v) is 3.24. The van der Waals surface area contributed by atoms with Crippen LogP contribution in [0.5, 0.6) is 0 Å². The lowest BCUT2D eigenvalue weighted by Gasteiger charge is -2.25. The number of hydrogen-bond acceptors (Lipinski definition) is 4. The number of pyridine rings is 1. The molecule has 1 heterocycles. The van der Waals surface area contributed by atoms with Gasteiger partial charge in [-0.2, -0.15) is 0 Å². The average molecular weight is 339 g/mol. The topological polar surface area (TPSA) is 107 Å². The molecule has 132 valence electrons. The van der Waals surface area contributed by atoms with Gasteiger partial charge in [0.25, 0.3) is 5.56 Å². The Balaban J connectivity index is 1.79. The standard InChI is InChI=1S/C19H25N5O/c20-12-13-6-8-15(9-7-13)24-18(21)17-16(10-11-22-19(17)25)23-14-4-2-1-3-5-14/h6-11,14H,1-5,12,20H2,(H2,21,24)(H2,22,23,25). The van der Waals surface area contributed by atoms with Crippen LogP contribution in [0.1, 0.15) is 43.2 Å². The molecule has 0 spiro atoms. The van der Waals surface area contributed by atoms with Crippen LogP contribution in [0.15, 0.2) is 41.3 Å². The van der Waals surface area contributed by atoms with E-state index in [1.54, 1.807) is 6.20 Å². The summed E-state index contributed by atoms with van der Waals surface area (Å²) in [5.74, 6) is 0.0839. The number of rotatable bonds is 5. The van der Waals surface area contributed by atoms with E-state index < -0.39 is 0 Å². The maximum absolute atomic E-state index is 12.3. The molecular weight excluding hydrogens is 314 g/mol. The molecule has 0 atom stereocenters. The summed E-state index contributed by atoms with van der Waals surface area (Å²) in [6.07, 6.45) is 7.52. The molecule has 1 fully saturated rings. The van der Waals surface area contributed by atoms with E-state index >= 15 is 0 Å². The molecule has 0 unspecified atom stereocenters. The number of aromatic amines is 1. The van der Waals surface area contributed by atoms with Gasteiger partial charge in [-0.25, -0.2) is 0 Å². The summed E-state index contributed by atoms with van der Waals surface area (Å²) in [6.45, 7) is 0.478. The predicted octanol–water partition coefficient (Wildman–Crippen LogP) is 3.02. The Kier molecular flexibility index (Phi) is 5.50. The molecule has 0 aliphatic heterocycles. The van der Waals surface area contributed by atoms with Gasteiger partial charge in [-0.15, -0.1) is 0 Å². The number of amidine groups is 1. The third-order valence-electron chi connectivity index (χ3n) is 4.63. The van der Waals surface area contributed by atoms with Crippen molar-refractivity contribution in [2.24, 2.45) is 5.73 Å². The third kappa shape index (κ3) is 4.28.